The molecule has 3 heterocycles. The fraction of sp³-hybridized carbons (Fsp3) is 0.500. The first-order chi connectivity index (χ1) is 11.3. The Morgan fingerprint density at radius 3 is 3.09 bits per heavy atom. The van der Waals surface area contributed by atoms with Gasteiger partial charge in [0.2, 0.25) is 11.8 Å². The molecule has 0 radical (unpaired) electrons. The van der Waals surface area contributed by atoms with Crippen LogP contribution in [0.2, 0.25) is 0 Å². The standard InChI is InChI=1S/C16H19N5O2/c22-14(18-12-3-1-7-17-9-12)10-21-8-2-4-13(21)15-19-16(23-20-15)11-5-6-11/h1,3,7,9,11,13H,2,4-6,8,10H2,(H,18,22)/t13-/m0/s1. The van der Waals surface area contributed by atoms with Crippen molar-refractivity contribution in [3.63, 3.8) is 0 Å². The van der Waals surface area contributed by atoms with Crippen LogP contribution in [0.15, 0.2) is 29.0 Å². The predicted octanol–water partition coefficient (Wildman–Crippen LogP) is 2.12. The average Bonchev–Trinajstić information content (AvgIpc) is 3.11. The highest BCUT2D eigenvalue weighted by molar-refractivity contribution is 5.92. The summed E-state index contributed by atoms with van der Waals surface area (Å²) in [6.07, 6.45) is 7.61. The first kappa shape index (κ1) is 14.3. The third-order valence-electron chi connectivity index (χ3n) is 4.34. The van der Waals surface area contributed by atoms with Crippen LogP contribution in [0.25, 0.3) is 0 Å². The van der Waals surface area contributed by atoms with Crippen molar-refractivity contribution in [2.75, 3.05) is 18.4 Å². The van der Waals surface area contributed by atoms with Crippen LogP contribution in [0, 0.1) is 0 Å². The van der Waals surface area contributed by atoms with Gasteiger partial charge in [0.15, 0.2) is 5.82 Å². The predicted molar refractivity (Wildman–Crippen MR) is 82.7 cm³/mol. The van der Waals surface area contributed by atoms with Crippen LogP contribution in [0.4, 0.5) is 5.69 Å². The molecule has 1 amide bonds. The highest BCUT2D eigenvalue weighted by atomic mass is 16.5. The van der Waals surface area contributed by atoms with Crippen molar-refractivity contribution < 1.29 is 9.32 Å². The van der Waals surface area contributed by atoms with E-state index >= 15 is 0 Å². The summed E-state index contributed by atoms with van der Waals surface area (Å²) in [7, 11) is 0. The molecule has 1 saturated carbocycles. The van der Waals surface area contributed by atoms with E-state index in [1.54, 1.807) is 18.5 Å². The molecule has 2 aromatic rings. The normalized spacial score (nSPS) is 21.5. The average molecular weight is 313 g/mol. The van der Waals surface area contributed by atoms with E-state index in [9.17, 15) is 4.79 Å². The van der Waals surface area contributed by atoms with Crippen molar-refractivity contribution in [1.82, 2.24) is 20.0 Å². The summed E-state index contributed by atoms with van der Waals surface area (Å²) in [5, 5.41) is 7.00. The van der Waals surface area contributed by atoms with E-state index in [1.165, 1.54) is 0 Å². The molecule has 0 aromatic carbocycles. The van der Waals surface area contributed by atoms with Crippen LogP contribution >= 0.6 is 0 Å². The number of rotatable bonds is 5. The molecule has 7 heteroatoms. The molecule has 1 aliphatic heterocycles. The highest BCUT2D eigenvalue weighted by Crippen LogP contribution is 2.40. The Kier molecular flexibility index (Phi) is 3.78. The van der Waals surface area contributed by atoms with Crippen LogP contribution < -0.4 is 5.32 Å². The Hall–Kier alpha value is -2.28. The Morgan fingerprint density at radius 2 is 2.30 bits per heavy atom. The van der Waals surface area contributed by atoms with Crippen molar-refractivity contribution in [1.29, 1.82) is 0 Å². The molecular weight excluding hydrogens is 294 g/mol. The van der Waals surface area contributed by atoms with Gasteiger partial charge in [0.25, 0.3) is 0 Å². The zero-order valence-electron chi connectivity index (χ0n) is 12.8. The van der Waals surface area contributed by atoms with Gasteiger partial charge in [0, 0.05) is 12.1 Å². The molecule has 2 fully saturated rings. The lowest BCUT2D eigenvalue weighted by Crippen LogP contribution is -2.33. The van der Waals surface area contributed by atoms with Gasteiger partial charge in [0.05, 0.1) is 24.5 Å². The molecule has 1 aliphatic carbocycles. The highest BCUT2D eigenvalue weighted by Gasteiger charge is 2.34. The molecule has 2 aromatic heterocycles. The summed E-state index contributed by atoms with van der Waals surface area (Å²) < 4.78 is 5.35. The monoisotopic (exact) mass is 313 g/mol. The molecule has 0 spiro atoms. The summed E-state index contributed by atoms with van der Waals surface area (Å²) >= 11 is 0. The molecule has 7 nitrogen and oxygen atoms in total. The maximum Gasteiger partial charge on any atom is 0.238 e. The van der Waals surface area contributed by atoms with E-state index in [2.05, 4.69) is 25.3 Å². The van der Waals surface area contributed by atoms with E-state index in [0.29, 0.717) is 18.2 Å². The lowest BCUT2D eigenvalue weighted by molar-refractivity contribution is -0.117. The molecular formula is C16H19N5O2. The van der Waals surface area contributed by atoms with Crippen LogP contribution in [-0.2, 0) is 4.79 Å². The van der Waals surface area contributed by atoms with Gasteiger partial charge in [-0.3, -0.25) is 14.7 Å². The van der Waals surface area contributed by atoms with E-state index in [-0.39, 0.29) is 11.9 Å². The first-order valence-corrected chi connectivity index (χ1v) is 8.07. The van der Waals surface area contributed by atoms with Crippen molar-refractivity contribution in [2.24, 2.45) is 0 Å². The molecule has 1 atom stereocenters. The quantitative estimate of drug-likeness (QED) is 0.910. The minimum absolute atomic E-state index is 0.0455. The smallest absolute Gasteiger partial charge is 0.238 e. The van der Waals surface area contributed by atoms with E-state index < -0.39 is 0 Å². The molecule has 1 N–H and O–H groups in total. The number of anilines is 1. The Bertz CT molecular complexity index is 683. The number of hydrogen-bond acceptors (Lipinski definition) is 6. The van der Waals surface area contributed by atoms with Gasteiger partial charge in [-0.1, -0.05) is 5.16 Å². The zero-order chi connectivity index (χ0) is 15.6. The number of carbonyl (C=O) groups excluding carboxylic acids is 1. The number of nitrogens with one attached hydrogen (secondary N) is 1. The summed E-state index contributed by atoms with van der Waals surface area (Å²) in [4.78, 5) is 22.9. The Balaban J connectivity index is 1.39. The number of hydrogen-bond donors (Lipinski definition) is 1. The van der Waals surface area contributed by atoms with Gasteiger partial charge in [-0.05, 0) is 44.4 Å². The number of amides is 1. The zero-order valence-corrected chi connectivity index (χ0v) is 12.8. The maximum absolute atomic E-state index is 12.2. The van der Waals surface area contributed by atoms with Crippen molar-refractivity contribution in [3.05, 3.63) is 36.2 Å². The fourth-order valence-corrected chi connectivity index (χ4v) is 3.01. The Morgan fingerprint density at radius 1 is 1.39 bits per heavy atom. The van der Waals surface area contributed by atoms with Gasteiger partial charge in [-0.25, -0.2) is 0 Å². The number of likely N-dealkylation sites (tertiary alicyclic amines) is 1. The second-order valence-electron chi connectivity index (χ2n) is 6.18. The minimum Gasteiger partial charge on any atom is -0.339 e. The van der Waals surface area contributed by atoms with Crippen molar-refractivity contribution >= 4 is 11.6 Å². The number of pyridine rings is 1. The molecule has 120 valence electrons. The van der Waals surface area contributed by atoms with Crippen LogP contribution in [0.5, 0.6) is 0 Å². The third kappa shape index (κ3) is 3.24. The van der Waals surface area contributed by atoms with Crippen molar-refractivity contribution in [3.8, 4) is 0 Å². The van der Waals surface area contributed by atoms with Gasteiger partial charge >= 0.3 is 0 Å². The van der Waals surface area contributed by atoms with Crippen molar-refractivity contribution in [2.45, 2.75) is 37.6 Å². The largest absolute Gasteiger partial charge is 0.339 e. The van der Waals surface area contributed by atoms with Crippen LogP contribution in [0.1, 0.15) is 49.4 Å². The van der Waals surface area contributed by atoms with E-state index in [4.69, 9.17) is 4.52 Å². The topological polar surface area (TPSA) is 84.2 Å². The fourth-order valence-electron chi connectivity index (χ4n) is 3.01. The second kappa shape index (κ2) is 6.08. The molecule has 2 aliphatic rings. The number of carbonyl (C=O) groups is 1. The van der Waals surface area contributed by atoms with Gasteiger partial charge in [0.1, 0.15) is 0 Å². The number of nitrogens with zero attached hydrogens (tertiary/aromatic N) is 4. The summed E-state index contributed by atoms with van der Waals surface area (Å²) in [6.45, 7) is 1.20. The van der Waals surface area contributed by atoms with Gasteiger partial charge < -0.3 is 9.84 Å². The summed E-state index contributed by atoms with van der Waals surface area (Å²) in [5.41, 5.74) is 0.712. The molecule has 4 rings (SSSR count). The summed E-state index contributed by atoms with van der Waals surface area (Å²) in [6, 6.07) is 3.70. The Labute approximate surface area is 134 Å². The van der Waals surface area contributed by atoms with Crippen LogP contribution in [0.3, 0.4) is 0 Å². The van der Waals surface area contributed by atoms with E-state index in [1.807, 2.05) is 6.07 Å². The van der Waals surface area contributed by atoms with E-state index in [0.717, 1.165) is 43.9 Å². The van der Waals surface area contributed by atoms with Crippen LogP contribution in [-0.4, -0.2) is 39.0 Å². The lowest BCUT2D eigenvalue weighted by Gasteiger charge is -2.21. The molecule has 0 bridgehead atoms. The second-order valence-corrected chi connectivity index (χ2v) is 6.18. The maximum atomic E-state index is 12.2. The van der Waals surface area contributed by atoms with Gasteiger partial charge in [-0.15, -0.1) is 0 Å². The SMILES string of the molecule is O=C(CN1CCC[C@H]1c1noc(C2CC2)n1)Nc1cccnc1. The third-order valence-corrected chi connectivity index (χ3v) is 4.34. The summed E-state index contributed by atoms with van der Waals surface area (Å²) in [5.74, 6) is 1.89. The first-order valence-electron chi connectivity index (χ1n) is 8.07. The molecule has 0 unspecified atom stereocenters. The minimum atomic E-state index is -0.0455. The lowest BCUT2D eigenvalue weighted by atomic mass is 10.2. The molecule has 1 saturated heterocycles. The number of aromatic nitrogens is 3. The molecule has 23 heavy (non-hydrogen) atoms. The van der Waals surface area contributed by atoms with Gasteiger partial charge in [-0.2, -0.15) is 4.98 Å².